The van der Waals surface area contributed by atoms with Crippen molar-refractivity contribution < 1.29 is 9.53 Å². The smallest absolute Gasteiger partial charge is 0.355 e. The van der Waals surface area contributed by atoms with Crippen molar-refractivity contribution in [1.29, 1.82) is 5.41 Å². The van der Waals surface area contributed by atoms with Crippen molar-refractivity contribution in [2.24, 2.45) is 11.7 Å². The normalized spacial score (nSPS) is 17.3. The maximum absolute atomic E-state index is 13.1. The van der Waals surface area contributed by atoms with Gasteiger partial charge in [0, 0.05) is 12.0 Å². The van der Waals surface area contributed by atoms with Gasteiger partial charge >= 0.3 is 11.7 Å². The van der Waals surface area contributed by atoms with Crippen molar-refractivity contribution in [3.05, 3.63) is 76.0 Å². The van der Waals surface area contributed by atoms with Gasteiger partial charge in [-0.3, -0.25) is 10.2 Å². The van der Waals surface area contributed by atoms with Gasteiger partial charge in [0.15, 0.2) is 0 Å². The Bertz CT molecular complexity index is 1240. The molecule has 8 nitrogen and oxygen atoms in total. The van der Waals surface area contributed by atoms with Crippen LogP contribution in [0.5, 0.6) is 0 Å². The number of amidine groups is 1. The maximum atomic E-state index is 13.1. The number of carbonyl (C=O) groups is 1. The molecule has 0 spiro atoms. The van der Waals surface area contributed by atoms with Gasteiger partial charge in [-0.25, -0.2) is 9.36 Å². The molecule has 0 atom stereocenters. The van der Waals surface area contributed by atoms with Crippen molar-refractivity contribution in [3.8, 4) is 11.4 Å². The summed E-state index contributed by atoms with van der Waals surface area (Å²) in [4.78, 5) is 25.4. The summed E-state index contributed by atoms with van der Waals surface area (Å²) in [5.74, 6) is 1.16. The highest BCUT2D eigenvalue weighted by molar-refractivity contribution is 5.95. The van der Waals surface area contributed by atoms with Gasteiger partial charge in [-0.2, -0.15) is 4.68 Å². The molecule has 1 fully saturated rings. The number of benzene rings is 2. The van der Waals surface area contributed by atoms with Crippen LogP contribution >= 0.6 is 12.4 Å². The van der Waals surface area contributed by atoms with Crippen molar-refractivity contribution in [1.82, 2.24) is 14.3 Å². The molecule has 192 valence electrons. The van der Waals surface area contributed by atoms with Gasteiger partial charge in [-0.15, -0.1) is 17.5 Å². The minimum atomic E-state index is -0.285. The summed E-state index contributed by atoms with van der Waals surface area (Å²) in [5, 5.41) is 11.9. The summed E-state index contributed by atoms with van der Waals surface area (Å²) < 4.78 is 8.56. The molecule has 36 heavy (non-hydrogen) atoms. The number of esters is 1. The average molecular weight is 512 g/mol. The predicted octanol–water partition coefficient (Wildman–Crippen LogP) is 4.48. The second kappa shape index (κ2) is 12.0. The van der Waals surface area contributed by atoms with Crippen LogP contribution in [0.3, 0.4) is 0 Å². The van der Waals surface area contributed by atoms with E-state index in [2.05, 4.69) is 12.0 Å². The van der Waals surface area contributed by atoms with Gasteiger partial charge in [0.2, 0.25) is 0 Å². The second-order valence-corrected chi connectivity index (χ2v) is 9.24. The SMILES string of the molecule is CCC1CCC(OC(=O)CCc2ccc(-n3c(C)nn(-c4ccc(C(=N)N)cc4)c3=O)cc2)CC1.Cl. The number of nitrogens with one attached hydrogen (secondary N) is 1. The lowest BCUT2D eigenvalue weighted by Gasteiger charge is -2.27. The first kappa shape index (κ1) is 27.2. The first-order chi connectivity index (χ1) is 16.9. The molecule has 4 rings (SSSR count). The van der Waals surface area contributed by atoms with Gasteiger partial charge in [-0.1, -0.05) is 25.5 Å². The Morgan fingerprint density at radius 2 is 1.67 bits per heavy atom. The van der Waals surface area contributed by atoms with E-state index in [4.69, 9.17) is 15.9 Å². The van der Waals surface area contributed by atoms with Crippen LogP contribution in [-0.2, 0) is 16.0 Å². The number of aryl methyl sites for hydroxylation is 2. The molecule has 1 aliphatic rings. The largest absolute Gasteiger partial charge is 0.462 e. The lowest BCUT2D eigenvalue weighted by atomic mass is 9.86. The van der Waals surface area contributed by atoms with E-state index in [0.717, 1.165) is 37.2 Å². The van der Waals surface area contributed by atoms with E-state index in [1.807, 2.05) is 24.3 Å². The van der Waals surface area contributed by atoms with Crippen LogP contribution in [0.4, 0.5) is 0 Å². The summed E-state index contributed by atoms with van der Waals surface area (Å²) in [6, 6.07) is 14.4. The molecule has 0 saturated heterocycles. The Kier molecular flexibility index (Phi) is 9.09. The Morgan fingerprint density at radius 1 is 1.06 bits per heavy atom. The third kappa shape index (κ3) is 6.23. The van der Waals surface area contributed by atoms with Crippen LogP contribution in [0.15, 0.2) is 53.3 Å². The van der Waals surface area contributed by atoms with Gasteiger partial charge in [-0.05, 0) is 86.9 Å². The average Bonchev–Trinajstić information content (AvgIpc) is 3.17. The number of hydrogen-bond donors (Lipinski definition) is 2. The van der Waals surface area contributed by atoms with Crippen LogP contribution in [0.2, 0.25) is 0 Å². The molecule has 3 aromatic rings. The lowest BCUT2D eigenvalue weighted by molar-refractivity contribution is -0.150. The summed E-state index contributed by atoms with van der Waals surface area (Å²) in [6.45, 7) is 4.00. The fourth-order valence-electron chi connectivity index (χ4n) is 4.67. The first-order valence-electron chi connectivity index (χ1n) is 12.3. The molecular weight excluding hydrogens is 478 g/mol. The van der Waals surface area contributed by atoms with Crippen LogP contribution in [-0.4, -0.2) is 32.3 Å². The number of ether oxygens (including phenoxy) is 1. The second-order valence-electron chi connectivity index (χ2n) is 9.24. The quantitative estimate of drug-likeness (QED) is 0.263. The van der Waals surface area contributed by atoms with Crippen LogP contribution in [0.25, 0.3) is 11.4 Å². The summed E-state index contributed by atoms with van der Waals surface area (Å²) in [7, 11) is 0. The Morgan fingerprint density at radius 3 is 2.25 bits per heavy atom. The van der Waals surface area contributed by atoms with Gasteiger partial charge in [0.05, 0.1) is 11.4 Å². The maximum Gasteiger partial charge on any atom is 0.355 e. The van der Waals surface area contributed by atoms with Crippen molar-refractivity contribution >= 4 is 24.2 Å². The summed E-state index contributed by atoms with van der Waals surface area (Å²) >= 11 is 0. The minimum absolute atomic E-state index is 0. The molecule has 1 aliphatic carbocycles. The summed E-state index contributed by atoms with van der Waals surface area (Å²) in [6.07, 6.45) is 6.46. The molecule has 1 saturated carbocycles. The number of hydrogen-bond acceptors (Lipinski definition) is 5. The predicted molar refractivity (Wildman–Crippen MR) is 143 cm³/mol. The fraction of sp³-hybridized carbons (Fsp3) is 0.407. The Labute approximate surface area is 217 Å². The van der Waals surface area contributed by atoms with Gasteiger partial charge in [0.1, 0.15) is 17.8 Å². The highest BCUT2D eigenvalue weighted by Gasteiger charge is 2.22. The standard InChI is InChI=1S/C27H33N5O3.ClH/c1-3-19-6-15-24(16-7-19)35-25(33)17-8-20-4-11-22(12-5-20)31-18(2)30-32(27(31)34)23-13-9-21(10-14-23)26(28)29;/h4-5,9-14,19,24H,3,6-8,15-17H2,1-2H3,(H3,28,29);1H. The summed E-state index contributed by atoms with van der Waals surface area (Å²) in [5.41, 5.74) is 8.12. The van der Waals surface area contributed by atoms with E-state index in [1.165, 1.54) is 11.1 Å². The van der Waals surface area contributed by atoms with Crippen LogP contribution < -0.4 is 11.4 Å². The van der Waals surface area contributed by atoms with E-state index in [1.54, 1.807) is 35.8 Å². The number of carbonyl (C=O) groups excluding carboxylic acids is 1. The molecule has 0 amide bonds. The van der Waals surface area contributed by atoms with E-state index < -0.39 is 0 Å². The number of nitrogens with zero attached hydrogens (tertiary/aromatic N) is 3. The number of halogens is 1. The lowest BCUT2D eigenvalue weighted by Crippen LogP contribution is -2.24. The fourth-order valence-corrected chi connectivity index (χ4v) is 4.67. The molecular formula is C27H34ClN5O3. The molecule has 3 N–H and O–H groups in total. The van der Waals surface area contributed by atoms with Crippen molar-refractivity contribution in [2.45, 2.75) is 64.9 Å². The molecule has 0 unspecified atom stereocenters. The van der Waals surface area contributed by atoms with Crippen LogP contribution in [0.1, 0.15) is 62.4 Å². The molecule has 1 heterocycles. The zero-order chi connectivity index (χ0) is 24.9. The van der Waals surface area contributed by atoms with Crippen molar-refractivity contribution in [2.75, 3.05) is 0 Å². The zero-order valence-electron chi connectivity index (χ0n) is 20.8. The molecule has 0 bridgehead atoms. The van der Waals surface area contributed by atoms with Crippen LogP contribution in [0, 0.1) is 18.3 Å². The molecule has 0 aliphatic heterocycles. The third-order valence-electron chi connectivity index (χ3n) is 6.85. The van der Waals surface area contributed by atoms with E-state index >= 15 is 0 Å². The molecule has 2 aromatic carbocycles. The van der Waals surface area contributed by atoms with Crippen molar-refractivity contribution in [3.63, 3.8) is 0 Å². The molecule has 0 radical (unpaired) electrons. The number of rotatable bonds is 8. The van der Waals surface area contributed by atoms with E-state index in [9.17, 15) is 9.59 Å². The highest BCUT2D eigenvalue weighted by atomic mass is 35.5. The van der Waals surface area contributed by atoms with E-state index in [-0.39, 0.29) is 36.0 Å². The number of nitrogen functional groups attached to an aromatic ring is 1. The Hall–Kier alpha value is -3.39. The topological polar surface area (TPSA) is 116 Å². The van der Waals surface area contributed by atoms with Gasteiger partial charge in [0.25, 0.3) is 0 Å². The molecule has 9 heteroatoms. The number of aromatic nitrogens is 3. The highest BCUT2D eigenvalue weighted by Crippen LogP contribution is 2.28. The zero-order valence-corrected chi connectivity index (χ0v) is 21.6. The monoisotopic (exact) mass is 511 g/mol. The number of nitrogens with two attached hydrogens (primary N) is 1. The van der Waals surface area contributed by atoms with Gasteiger partial charge < -0.3 is 10.5 Å². The first-order valence-corrected chi connectivity index (χ1v) is 12.3. The van der Waals surface area contributed by atoms with E-state index in [0.29, 0.717) is 35.6 Å². The molecule has 1 aromatic heterocycles. The third-order valence-corrected chi connectivity index (χ3v) is 6.85. The minimum Gasteiger partial charge on any atom is -0.462 e. The Balaban J connectivity index is 0.00000361.